The summed E-state index contributed by atoms with van der Waals surface area (Å²) in [5.74, 6) is 3.37. The molecule has 2 saturated carbocycles. The molecule has 0 saturated heterocycles. The summed E-state index contributed by atoms with van der Waals surface area (Å²) >= 11 is 0. The Kier molecular flexibility index (Phi) is 3.93. The van der Waals surface area contributed by atoms with Gasteiger partial charge in [-0.1, -0.05) is 36.2 Å². The Morgan fingerprint density at radius 3 is 2.79 bits per heavy atom. The van der Waals surface area contributed by atoms with Crippen LogP contribution in [0.15, 0.2) is 24.3 Å². The zero-order valence-electron chi connectivity index (χ0n) is 12.0. The molecule has 0 aromatic heterocycles. The van der Waals surface area contributed by atoms with Gasteiger partial charge < -0.3 is 5.11 Å². The average Bonchev–Trinajstić information content (AvgIpc) is 3.00. The lowest BCUT2D eigenvalue weighted by molar-refractivity contribution is 0.178. The van der Waals surface area contributed by atoms with E-state index in [0.717, 1.165) is 24.2 Å². The summed E-state index contributed by atoms with van der Waals surface area (Å²) in [6.07, 6.45) is 8.14. The minimum Gasteiger partial charge on any atom is -0.396 e. The molecule has 2 fully saturated rings. The van der Waals surface area contributed by atoms with E-state index in [-0.39, 0.29) is 0 Å². The van der Waals surface area contributed by atoms with Crippen molar-refractivity contribution >= 4 is 0 Å². The number of aliphatic hydroxyl groups is 1. The van der Waals surface area contributed by atoms with Crippen molar-refractivity contribution in [3.8, 4) is 0 Å². The Bertz CT molecular complexity index is 425. The van der Waals surface area contributed by atoms with Gasteiger partial charge in [0.05, 0.1) is 0 Å². The Balaban J connectivity index is 1.59. The number of aliphatic hydroxyl groups excluding tert-OH is 1. The van der Waals surface area contributed by atoms with Crippen molar-refractivity contribution in [1.29, 1.82) is 0 Å². The van der Waals surface area contributed by atoms with Gasteiger partial charge in [-0.25, -0.2) is 0 Å². The maximum atomic E-state index is 9.69. The molecular formula is C18H26O. The molecule has 0 radical (unpaired) electrons. The highest BCUT2D eigenvalue weighted by atomic mass is 16.3. The first-order valence-corrected chi connectivity index (χ1v) is 7.91. The molecule has 1 aromatic carbocycles. The minimum absolute atomic E-state index is 0.349. The number of hydrogen-bond acceptors (Lipinski definition) is 1. The topological polar surface area (TPSA) is 20.2 Å². The highest BCUT2D eigenvalue weighted by Gasteiger charge is 2.39. The van der Waals surface area contributed by atoms with E-state index in [9.17, 15) is 5.11 Å². The van der Waals surface area contributed by atoms with Crippen molar-refractivity contribution in [3.63, 3.8) is 0 Å². The van der Waals surface area contributed by atoms with Crippen LogP contribution in [0.25, 0.3) is 0 Å². The summed E-state index contributed by atoms with van der Waals surface area (Å²) in [4.78, 5) is 0. The van der Waals surface area contributed by atoms with Crippen molar-refractivity contribution in [2.75, 3.05) is 6.61 Å². The zero-order valence-corrected chi connectivity index (χ0v) is 12.0. The molecular weight excluding hydrogens is 232 g/mol. The van der Waals surface area contributed by atoms with Crippen molar-refractivity contribution < 1.29 is 5.11 Å². The second kappa shape index (κ2) is 5.66. The number of fused-ring (bicyclic) bond motifs is 2. The Morgan fingerprint density at radius 1 is 1.26 bits per heavy atom. The third-order valence-corrected chi connectivity index (χ3v) is 5.39. The monoisotopic (exact) mass is 258 g/mol. The SMILES string of the molecule is Cc1cccc(CC(CO)CC2CC3CCC2C3)c1. The van der Waals surface area contributed by atoms with Crippen molar-refractivity contribution in [1.82, 2.24) is 0 Å². The summed E-state index contributed by atoms with van der Waals surface area (Å²) in [5, 5.41) is 9.69. The second-order valence-electron chi connectivity index (χ2n) is 6.91. The van der Waals surface area contributed by atoms with Gasteiger partial charge in [-0.3, -0.25) is 0 Å². The van der Waals surface area contributed by atoms with Crippen LogP contribution < -0.4 is 0 Å². The molecule has 104 valence electrons. The summed E-state index contributed by atoms with van der Waals surface area (Å²) in [5.41, 5.74) is 2.72. The molecule has 0 amide bonds. The lowest BCUT2D eigenvalue weighted by Crippen LogP contribution is -2.19. The van der Waals surface area contributed by atoms with Gasteiger partial charge in [-0.2, -0.15) is 0 Å². The number of benzene rings is 1. The van der Waals surface area contributed by atoms with Crippen LogP contribution in [0.3, 0.4) is 0 Å². The van der Waals surface area contributed by atoms with Crippen LogP contribution in [0.2, 0.25) is 0 Å². The highest BCUT2D eigenvalue weighted by molar-refractivity contribution is 5.22. The average molecular weight is 258 g/mol. The summed E-state index contributed by atoms with van der Waals surface area (Å²) < 4.78 is 0. The predicted octanol–water partition coefficient (Wildman–Crippen LogP) is 3.97. The molecule has 4 unspecified atom stereocenters. The Labute approximate surface area is 117 Å². The molecule has 2 bridgehead atoms. The summed E-state index contributed by atoms with van der Waals surface area (Å²) in [6, 6.07) is 8.75. The van der Waals surface area contributed by atoms with Crippen molar-refractivity contribution in [3.05, 3.63) is 35.4 Å². The molecule has 1 aromatic rings. The van der Waals surface area contributed by atoms with Gasteiger partial charge in [0.25, 0.3) is 0 Å². The maximum Gasteiger partial charge on any atom is 0.0462 e. The fourth-order valence-electron chi connectivity index (χ4n) is 4.49. The van der Waals surface area contributed by atoms with Gasteiger partial charge in [0.1, 0.15) is 0 Å². The van der Waals surface area contributed by atoms with E-state index >= 15 is 0 Å². The largest absolute Gasteiger partial charge is 0.396 e. The smallest absolute Gasteiger partial charge is 0.0462 e. The van der Waals surface area contributed by atoms with Gasteiger partial charge in [-0.15, -0.1) is 0 Å². The number of aryl methyl sites for hydroxylation is 1. The Hall–Kier alpha value is -0.820. The number of rotatable bonds is 5. The van der Waals surface area contributed by atoms with Crippen LogP contribution >= 0.6 is 0 Å². The first-order chi connectivity index (χ1) is 9.24. The van der Waals surface area contributed by atoms with E-state index in [0.29, 0.717) is 12.5 Å². The molecule has 1 heteroatoms. The van der Waals surface area contributed by atoms with Crippen molar-refractivity contribution in [2.45, 2.75) is 45.4 Å². The molecule has 0 heterocycles. The van der Waals surface area contributed by atoms with E-state index < -0.39 is 0 Å². The molecule has 0 spiro atoms. The van der Waals surface area contributed by atoms with E-state index in [4.69, 9.17) is 0 Å². The van der Waals surface area contributed by atoms with Crippen LogP contribution in [0.5, 0.6) is 0 Å². The minimum atomic E-state index is 0.349. The molecule has 4 atom stereocenters. The van der Waals surface area contributed by atoms with E-state index in [1.165, 1.54) is 43.2 Å². The normalized spacial score (nSPS) is 30.7. The Morgan fingerprint density at radius 2 is 2.16 bits per heavy atom. The standard InChI is InChI=1S/C18H26O/c1-13-3-2-4-14(7-13)8-16(12-19)11-18-10-15-5-6-17(18)9-15/h2-4,7,15-19H,5-6,8-12H2,1H3. The van der Waals surface area contributed by atoms with Crippen LogP contribution in [0.4, 0.5) is 0 Å². The quantitative estimate of drug-likeness (QED) is 0.847. The van der Waals surface area contributed by atoms with E-state index in [2.05, 4.69) is 31.2 Å². The van der Waals surface area contributed by atoms with Crippen molar-refractivity contribution in [2.24, 2.45) is 23.7 Å². The lowest BCUT2D eigenvalue weighted by Gasteiger charge is -2.26. The fourth-order valence-corrected chi connectivity index (χ4v) is 4.49. The predicted molar refractivity (Wildman–Crippen MR) is 79.0 cm³/mol. The molecule has 2 aliphatic rings. The zero-order chi connectivity index (χ0) is 13.2. The molecule has 3 rings (SSSR count). The molecule has 2 aliphatic carbocycles. The summed E-state index contributed by atoms with van der Waals surface area (Å²) in [6.45, 7) is 2.50. The van der Waals surface area contributed by atoms with Crippen LogP contribution in [-0.4, -0.2) is 11.7 Å². The highest BCUT2D eigenvalue weighted by Crippen LogP contribution is 2.50. The molecule has 1 nitrogen and oxygen atoms in total. The van der Waals surface area contributed by atoms with Gasteiger partial charge >= 0.3 is 0 Å². The molecule has 0 aliphatic heterocycles. The first-order valence-electron chi connectivity index (χ1n) is 7.91. The first kappa shape index (κ1) is 13.2. The van der Waals surface area contributed by atoms with E-state index in [1.807, 2.05) is 0 Å². The maximum absolute atomic E-state index is 9.69. The lowest BCUT2D eigenvalue weighted by atomic mass is 9.80. The van der Waals surface area contributed by atoms with Gasteiger partial charge in [0.15, 0.2) is 0 Å². The third-order valence-electron chi connectivity index (χ3n) is 5.39. The molecule has 19 heavy (non-hydrogen) atoms. The van der Waals surface area contributed by atoms with Gasteiger partial charge in [-0.05, 0) is 68.3 Å². The molecule has 1 N–H and O–H groups in total. The second-order valence-corrected chi connectivity index (χ2v) is 6.91. The van der Waals surface area contributed by atoms with E-state index in [1.54, 1.807) is 0 Å². The number of hydrogen-bond donors (Lipinski definition) is 1. The van der Waals surface area contributed by atoms with Crippen LogP contribution in [0.1, 0.15) is 43.2 Å². The fraction of sp³-hybridized carbons (Fsp3) is 0.667. The van der Waals surface area contributed by atoms with Crippen LogP contribution in [-0.2, 0) is 6.42 Å². The van der Waals surface area contributed by atoms with Gasteiger partial charge in [0.2, 0.25) is 0 Å². The third kappa shape index (κ3) is 3.02. The summed E-state index contributed by atoms with van der Waals surface area (Å²) in [7, 11) is 0. The van der Waals surface area contributed by atoms with Gasteiger partial charge in [0, 0.05) is 6.61 Å². The van der Waals surface area contributed by atoms with Crippen LogP contribution in [0, 0.1) is 30.6 Å².